The molecule has 0 aliphatic heterocycles. The lowest BCUT2D eigenvalue weighted by molar-refractivity contribution is -0.140. The summed E-state index contributed by atoms with van der Waals surface area (Å²) in [7, 11) is -4.32. The lowest BCUT2D eigenvalue weighted by Crippen LogP contribution is -2.53. The van der Waals surface area contributed by atoms with Gasteiger partial charge in [-0.05, 0) is 85.6 Å². The highest BCUT2D eigenvalue weighted by Gasteiger charge is 2.34. The topological polar surface area (TPSA) is 96.0 Å². The van der Waals surface area contributed by atoms with Crippen LogP contribution in [0.3, 0.4) is 0 Å². The Morgan fingerprint density at radius 3 is 2.11 bits per heavy atom. The van der Waals surface area contributed by atoms with Crippen molar-refractivity contribution in [3.8, 4) is 5.75 Å². The van der Waals surface area contributed by atoms with Crippen molar-refractivity contribution < 1.29 is 27.1 Å². The number of carbonyl (C=O) groups is 2. The van der Waals surface area contributed by atoms with Crippen molar-refractivity contribution in [2.75, 3.05) is 24.0 Å². The quantitative estimate of drug-likeness (QED) is 0.176. The molecule has 11 heteroatoms. The SMILES string of the molecule is CCNC(=O)[C@H](Cc1ccccc1)N(Cc1ccc(Br)cc1)C(=O)CN(c1ccc(F)cc1)S(=O)(=O)c1ccc(OCC)cc1. The smallest absolute Gasteiger partial charge is 0.264 e. The molecule has 4 aromatic rings. The highest BCUT2D eigenvalue weighted by molar-refractivity contribution is 9.10. The summed E-state index contributed by atoms with van der Waals surface area (Å²) in [6.07, 6.45) is 0.205. The van der Waals surface area contributed by atoms with Gasteiger partial charge >= 0.3 is 0 Å². The van der Waals surface area contributed by atoms with E-state index in [9.17, 15) is 22.4 Å². The maximum atomic E-state index is 14.4. The van der Waals surface area contributed by atoms with Gasteiger partial charge in [-0.25, -0.2) is 12.8 Å². The first kappa shape index (κ1) is 33.7. The van der Waals surface area contributed by atoms with Crippen molar-refractivity contribution in [3.63, 3.8) is 0 Å². The fraction of sp³-hybridized carbons (Fsp3) is 0.235. The number of hydrogen-bond acceptors (Lipinski definition) is 5. The van der Waals surface area contributed by atoms with Gasteiger partial charge in [0.25, 0.3) is 10.0 Å². The lowest BCUT2D eigenvalue weighted by atomic mass is 10.0. The van der Waals surface area contributed by atoms with Gasteiger partial charge in [0.2, 0.25) is 11.8 Å². The van der Waals surface area contributed by atoms with E-state index in [4.69, 9.17) is 4.74 Å². The molecule has 1 N–H and O–H groups in total. The summed E-state index contributed by atoms with van der Waals surface area (Å²) in [5.41, 5.74) is 1.68. The molecular weight excluding hydrogens is 661 g/mol. The van der Waals surface area contributed by atoms with E-state index < -0.39 is 34.3 Å². The zero-order valence-corrected chi connectivity index (χ0v) is 27.4. The van der Waals surface area contributed by atoms with Crippen LogP contribution in [0.5, 0.6) is 5.75 Å². The molecule has 236 valence electrons. The number of hydrogen-bond donors (Lipinski definition) is 1. The number of ether oxygens (including phenoxy) is 1. The highest BCUT2D eigenvalue weighted by atomic mass is 79.9. The second-order valence-electron chi connectivity index (χ2n) is 10.1. The summed E-state index contributed by atoms with van der Waals surface area (Å²) in [6.45, 7) is 3.77. The molecular formula is C34H35BrFN3O5S. The van der Waals surface area contributed by atoms with Gasteiger partial charge < -0.3 is 15.0 Å². The zero-order chi connectivity index (χ0) is 32.4. The Hall–Kier alpha value is -4.22. The number of nitrogens with one attached hydrogen (secondary N) is 1. The molecule has 4 rings (SSSR count). The second-order valence-corrected chi connectivity index (χ2v) is 12.9. The Labute approximate surface area is 272 Å². The summed E-state index contributed by atoms with van der Waals surface area (Å²) in [5.74, 6) is -1.04. The molecule has 0 bridgehead atoms. The monoisotopic (exact) mass is 695 g/mol. The third kappa shape index (κ3) is 8.92. The average Bonchev–Trinajstić information content (AvgIpc) is 3.04. The van der Waals surface area contributed by atoms with Gasteiger partial charge in [0, 0.05) is 24.0 Å². The Kier molecular flexibility index (Phi) is 11.7. The van der Waals surface area contributed by atoms with Gasteiger partial charge in [0.15, 0.2) is 0 Å². The molecule has 8 nitrogen and oxygen atoms in total. The van der Waals surface area contributed by atoms with Gasteiger partial charge in [-0.2, -0.15) is 0 Å². The number of carbonyl (C=O) groups excluding carboxylic acids is 2. The minimum Gasteiger partial charge on any atom is -0.494 e. The third-order valence-electron chi connectivity index (χ3n) is 7.00. The summed E-state index contributed by atoms with van der Waals surface area (Å²) in [4.78, 5) is 29.2. The predicted molar refractivity (Wildman–Crippen MR) is 176 cm³/mol. The fourth-order valence-electron chi connectivity index (χ4n) is 4.77. The number of anilines is 1. The van der Waals surface area contributed by atoms with E-state index in [1.54, 1.807) is 6.92 Å². The van der Waals surface area contributed by atoms with E-state index in [-0.39, 0.29) is 29.5 Å². The minimum atomic E-state index is -4.32. The molecule has 0 aromatic heterocycles. The van der Waals surface area contributed by atoms with E-state index in [1.165, 1.54) is 41.3 Å². The number of sulfonamides is 1. The van der Waals surface area contributed by atoms with Crippen molar-refractivity contribution in [2.24, 2.45) is 0 Å². The summed E-state index contributed by atoms with van der Waals surface area (Å²) >= 11 is 3.43. The Bertz CT molecular complexity index is 1670. The highest BCUT2D eigenvalue weighted by Crippen LogP contribution is 2.27. The summed E-state index contributed by atoms with van der Waals surface area (Å²) in [5, 5.41) is 2.83. The maximum Gasteiger partial charge on any atom is 0.264 e. The Morgan fingerprint density at radius 2 is 1.51 bits per heavy atom. The molecule has 0 saturated heterocycles. The largest absolute Gasteiger partial charge is 0.494 e. The van der Waals surface area contributed by atoms with E-state index in [0.717, 1.165) is 32.0 Å². The van der Waals surface area contributed by atoms with Gasteiger partial charge in [0.05, 0.1) is 17.2 Å². The van der Waals surface area contributed by atoms with Crippen LogP contribution in [0.25, 0.3) is 0 Å². The number of nitrogens with zero attached hydrogens (tertiary/aromatic N) is 2. The van der Waals surface area contributed by atoms with Crippen LogP contribution >= 0.6 is 15.9 Å². The molecule has 2 amide bonds. The normalized spacial score (nSPS) is 11.8. The molecule has 0 aliphatic carbocycles. The molecule has 0 fully saturated rings. The summed E-state index contributed by atoms with van der Waals surface area (Å²) < 4.78 is 49.3. The molecule has 0 radical (unpaired) electrons. The molecule has 0 unspecified atom stereocenters. The van der Waals surface area contributed by atoms with Crippen LogP contribution in [0.1, 0.15) is 25.0 Å². The number of rotatable bonds is 14. The van der Waals surface area contributed by atoms with Crippen molar-refractivity contribution >= 4 is 43.5 Å². The van der Waals surface area contributed by atoms with Crippen LogP contribution in [-0.2, 0) is 32.6 Å². The van der Waals surface area contributed by atoms with Gasteiger partial charge in [-0.1, -0.05) is 58.4 Å². The van der Waals surface area contributed by atoms with E-state index in [1.807, 2.05) is 61.5 Å². The molecule has 1 atom stereocenters. The molecule has 0 saturated carbocycles. The first-order chi connectivity index (χ1) is 21.6. The zero-order valence-electron chi connectivity index (χ0n) is 25.0. The van der Waals surface area contributed by atoms with Crippen molar-refractivity contribution in [1.82, 2.24) is 10.2 Å². The molecule has 45 heavy (non-hydrogen) atoms. The number of halogens is 2. The van der Waals surface area contributed by atoms with Gasteiger partial charge in [0.1, 0.15) is 24.2 Å². The lowest BCUT2D eigenvalue weighted by Gasteiger charge is -2.33. The number of likely N-dealkylation sites (N-methyl/N-ethyl adjacent to an activating group) is 1. The van der Waals surface area contributed by atoms with Crippen molar-refractivity contribution in [3.05, 3.63) is 125 Å². The molecule has 0 heterocycles. The van der Waals surface area contributed by atoms with Gasteiger partial charge in [-0.3, -0.25) is 13.9 Å². The van der Waals surface area contributed by atoms with Crippen molar-refractivity contribution in [2.45, 2.75) is 37.8 Å². The maximum absolute atomic E-state index is 14.4. The summed E-state index contributed by atoms with van der Waals surface area (Å²) in [6, 6.07) is 26.4. The fourth-order valence-corrected chi connectivity index (χ4v) is 6.45. The van der Waals surface area contributed by atoms with Crippen LogP contribution in [0, 0.1) is 5.82 Å². The Morgan fingerprint density at radius 1 is 0.867 bits per heavy atom. The Balaban J connectivity index is 1.77. The van der Waals surface area contributed by atoms with Crippen molar-refractivity contribution in [1.29, 1.82) is 0 Å². The minimum absolute atomic E-state index is 0.0428. The number of amides is 2. The second kappa shape index (κ2) is 15.7. The van der Waals surface area contributed by atoms with E-state index in [0.29, 0.717) is 18.9 Å². The molecule has 0 aliphatic rings. The first-order valence-electron chi connectivity index (χ1n) is 14.5. The van der Waals surface area contributed by atoms with E-state index in [2.05, 4.69) is 21.2 Å². The van der Waals surface area contributed by atoms with Crippen LogP contribution in [0.4, 0.5) is 10.1 Å². The van der Waals surface area contributed by atoms with E-state index >= 15 is 0 Å². The first-order valence-corrected chi connectivity index (χ1v) is 16.7. The predicted octanol–water partition coefficient (Wildman–Crippen LogP) is 5.96. The molecule has 4 aromatic carbocycles. The molecule has 0 spiro atoms. The standard InChI is InChI=1S/C34H35BrFN3O5S/c1-3-37-34(41)32(22-25-8-6-5-7-9-25)38(23-26-10-12-27(35)13-11-26)33(40)24-39(29-16-14-28(36)15-17-29)45(42,43)31-20-18-30(19-21-31)44-4-2/h5-21,32H,3-4,22-24H2,1-2H3,(H,37,41)/t32-/m0/s1. The van der Waals surface area contributed by atoms with Gasteiger partial charge in [-0.15, -0.1) is 0 Å². The van der Waals surface area contributed by atoms with Crippen LogP contribution in [0.2, 0.25) is 0 Å². The number of benzene rings is 4. The third-order valence-corrected chi connectivity index (χ3v) is 9.32. The van der Waals surface area contributed by atoms with Crippen LogP contribution in [0.15, 0.2) is 112 Å². The average molecular weight is 697 g/mol. The van der Waals surface area contributed by atoms with Crippen LogP contribution in [-0.4, -0.2) is 50.9 Å². The van der Waals surface area contributed by atoms with Crippen LogP contribution < -0.4 is 14.4 Å².